The summed E-state index contributed by atoms with van der Waals surface area (Å²) in [6.45, 7) is 0. The van der Waals surface area contributed by atoms with Gasteiger partial charge in [-0.25, -0.2) is 0 Å². The van der Waals surface area contributed by atoms with Crippen LogP contribution >= 0.6 is 0 Å². The third-order valence-corrected chi connectivity index (χ3v) is 1.15. The summed E-state index contributed by atoms with van der Waals surface area (Å²) in [6.07, 6.45) is 1.09. The summed E-state index contributed by atoms with van der Waals surface area (Å²) in [4.78, 5) is 3.49. The van der Waals surface area contributed by atoms with Crippen LogP contribution in [0.2, 0.25) is 0 Å². The molecule has 7 heteroatoms. The first-order valence-electron chi connectivity index (χ1n) is 2.10. The van der Waals surface area contributed by atoms with Gasteiger partial charge in [0, 0.05) is 0 Å². The van der Waals surface area contributed by atoms with Crippen LogP contribution in [0.4, 0.5) is 0 Å². The SMILES string of the molecule is O=S([O-])Cc1ncon1.[Na+]. The van der Waals surface area contributed by atoms with Gasteiger partial charge in [-0.15, -0.1) is 0 Å². The van der Waals surface area contributed by atoms with Gasteiger partial charge in [0.2, 0.25) is 6.39 Å². The van der Waals surface area contributed by atoms with Crippen molar-refractivity contribution in [2.24, 2.45) is 0 Å². The molecule has 0 bridgehead atoms. The van der Waals surface area contributed by atoms with E-state index in [0.717, 1.165) is 6.39 Å². The molecule has 1 atom stereocenters. The van der Waals surface area contributed by atoms with E-state index in [-0.39, 0.29) is 41.1 Å². The molecular formula is C3H3N2NaO3S. The maximum atomic E-state index is 9.94. The van der Waals surface area contributed by atoms with Gasteiger partial charge in [-0.05, 0) is 11.1 Å². The minimum Gasteiger partial charge on any atom is -0.772 e. The van der Waals surface area contributed by atoms with E-state index >= 15 is 0 Å². The molecule has 10 heavy (non-hydrogen) atoms. The Morgan fingerprint density at radius 2 is 2.50 bits per heavy atom. The first-order chi connectivity index (χ1) is 4.29. The van der Waals surface area contributed by atoms with E-state index in [0.29, 0.717) is 0 Å². The van der Waals surface area contributed by atoms with Crippen LogP contribution in [0, 0.1) is 0 Å². The molecule has 0 aliphatic rings. The minimum absolute atomic E-state index is 0. The molecule has 0 spiro atoms. The maximum Gasteiger partial charge on any atom is 1.00 e. The van der Waals surface area contributed by atoms with Gasteiger partial charge in [0.1, 0.15) is 0 Å². The molecule has 0 aliphatic carbocycles. The van der Waals surface area contributed by atoms with Crippen LogP contribution < -0.4 is 29.6 Å². The average Bonchev–Trinajstić information content (AvgIpc) is 2.15. The van der Waals surface area contributed by atoms with Crippen molar-refractivity contribution in [1.29, 1.82) is 0 Å². The smallest absolute Gasteiger partial charge is 0.772 e. The molecule has 0 aromatic carbocycles. The zero-order valence-corrected chi connectivity index (χ0v) is 8.13. The number of hydrogen-bond acceptors (Lipinski definition) is 5. The fourth-order valence-corrected chi connectivity index (χ4v) is 0.699. The van der Waals surface area contributed by atoms with Gasteiger partial charge in [0.15, 0.2) is 5.82 Å². The van der Waals surface area contributed by atoms with Gasteiger partial charge in [-0.1, -0.05) is 5.16 Å². The Bertz CT molecular complexity index is 202. The normalized spacial score (nSPS) is 12.1. The van der Waals surface area contributed by atoms with E-state index in [4.69, 9.17) is 0 Å². The van der Waals surface area contributed by atoms with Crippen LogP contribution in [0.25, 0.3) is 0 Å². The number of hydrogen-bond donors (Lipinski definition) is 0. The molecule has 50 valence electrons. The van der Waals surface area contributed by atoms with Crippen LogP contribution in [0.15, 0.2) is 10.9 Å². The first kappa shape index (κ1) is 10.2. The van der Waals surface area contributed by atoms with E-state index in [2.05, 4.69) is 14.7 Å². The van der Waals surface area contributed by atoms with E-state index in [1.807, 2.05) is 0 Å². The zero-order chi connectivity index (χ0) is 6.69. The maximum absolute atomic E-state index is 9.94. The summed E-state index contributed by atoms with van der Waals surface area (Å²) in [5, 5.41) is 3.28. The largest absolute Gasteiger partial charge is 1.00 e. The van der Waals surface area contributed by atoms with E-state index in [1.165, 1.54) is 0 Å². The van der Waals surface area contributed by atoms with E-state index in [9.17, 15) is 8.76 Å². The van der Waals surface area contributed by atoms with Crippen LogP contribution in [0.3, 0.4) is 0 Å². The predicted molar refractivity (Wildman–Crippen MR) is 26.9 cm³/mol. The molecule has 1 aromatic rings. The van der Waals surface area contributed by atoms with Crippen LogP contribution in [-0.2, 0) is 16.8 Å². The van der Waals surface area contributed by atoms with Crippen molar-refractivity contribution in [1.82, 2.24) is 10.1 Å². The monoisotopic (exact) mass is 170 g/mol. The first-order valence-corrected chi connectivity index (χ1v) is 3.34. The Morgan fingerprint density at radius 1 is 1.80 bits per heavy atom. The van der Waals surface area contributed by atoms with Gasteiger partial charge < -0.3 is 9.08 Å². The molecule has 1 aromatic heterocycles. The van der Waals surface area contributed by atoms with Crippen molar-refractivity contribution in [2.45, 2.75) is 5.75 Å². The average molecular weight is 170 g/mol. The van der Waals surface area contributed by atoms with Crippen molar-refractivity contribution >= 4 is 11.1 Å². The Kier molecular flexibility index (Phi) is 5.10. The molecule has 0 aliphatic heterocycles. The summed E-state index contributed by atoms with van der Waals surface area (Å²) in [5.41, 5.74) is 0. The molecule has 0 radical (unpaired) electrons. The van der Waals surface area contributed by atoms with Crippen LogP contribution in [0.1, 0.15) is 5.82 Å². The molecule has 0 saturated carbocycles. The standard InChI is InChI=1S/C3H4N2O3S.Na/c6-9(7)1-3-4-2-8-5-3;/h2H,1H2,(H,6,7);/q;+1/p-1. The minimum atomic E-state index is -2.13. The van der Waals surface area contributed by atoms with Crippen LogP contribution in [-0.4, -0.2) is 18.9 Å². The second-order valence-electron chi connectivity index (χ2n) is 1.30. The van der Waals surface area contributed by atoms with E-state index in [1.54, 1.807) is 0 Å². The molecular weight excluding hydrogens is 167 g/mol. The predicted octanol–water partition coefficient (Wildman–Crippen LogP) is -3.55. The molecule has 1 heterocycles. The van der Waals surface area contributed by atoms with Gasteiger partial charge in [0.25, 0.3) is 0 Å². The Balaban J connectivity index is 0.000000810. The van der Waals surface area contributed by atoms with E-state index < -0.39 is 11.1 Å². The Hall–Kier alpha value is 0.250. The van der Waals surface area contributed by atoms with Crippen molar-refractivity contribution < 1.29 is 42.8 Å². The quantitative estimate of drug-likeness (QED) is 0.339. The molecule has 0 fully saturated rings. The molecule has 1 unspecified atom stereocenters. The van der Waals surface area contributed by atoms with Gasteiger partial charge in [-0.2, -0.15) is 4.98 Å². The Labute approximate surface area is 81.8 Å². The second-order valence-corrected chi connectivity index (χ2v) is 2.19. The molecule has 0 amide bonds. The summed E-state index contributed by atoms with van der Waals surface area (Å²) in [5.74, 6) is -0.000386. The van der Waals surface area contributed by atoms with Gasteiger partial charge in [0.05, 0.1) is 5.75 Å². The molecule has 5 nitrogen and oxygen atoms in total. The second kappa shape index (κ2) is 4.97. The summed E-state index contributed by atoms with van der Waals surface area (Å²) in [6, 6.07) is 0. The summed E-state index contributed by atoms with van der Waals surface area (Å²) in [7, 11) is 0. The van der Waals surface area contributed by atoms with Gasteiger partial charge in [-0.3, -0.25) is 4.21 Å². The number of rotatable bonds is 2. The van der Waals surface area contributed by atoms with Crippen molar-refractivity contribution in [3.8, 4) is 0 Å². The topological polar surface area (TPSA) is 79.0 Å². The number of nitrogens with zero attached hydrogens (tertiary/aromatic N) is 2. The fourth-order valence-electron chi connectivity index (χ4n) is 0.361. The fraction of sp³-hybridized carbons (Fsp3) is 0.333. The molecule has 1 rings (SSSR count). The van der Waals surface area contributed by atoms with Crippen molar-refractivity contribution in [2.75, 3.05) is 0 Å². The zero-order valence-electron chi connectivity index (χ0n) is 5.31. The molecule has 0 saturated heterocycles. The molecule has 0 N–H and O–H groups in total. The Morgan fingerprint density at radius 3 is 2.90 bits per heavy atom. The summed E-state index contributed by atoms with van der Waals surface area (Å²) >= 11 is -2.13. The third kappa shape index (κ3) is 3.43. The summed E-state index contributed by atoms with van der Waals surface area (Å²) < 4.78 is 24.2. The van der Waals surface area contributed by atoms with Gasteiger partial charge >= 0.3 is 29.6 Å². The van der Waals surface area contributed by atoms with Crippen molar-refractivity contribution in [3.05, 3.63) is 12.2 Å². The number of aromatic nitrogens is 2. The van der Waals surface area contributed by atoms with Crippen molar-refractivity contribution in [3.63, 3.8) is 0 Å². The van der Waals surface area contributed by atoms with Crippen LogP contribution in [0.5, 0.6) is 0 Å². The third-order valence-electron chi connectivity index (χ3n) is 0.654.